The van der Waals surface area contributed by atoms with Crippen molar-refractivity contribution in [3.8, 4) is 0 Å². The molecule has 0 radical (unpaired) electrons. The van der Waals surface area contributed by atoms with Crippen molar-refractivity contribution < 1.29 is 9.21 Å². The van der Waals surface area contributed by atoms with E-state index in [-0.39, 0.29) is 5.91 Å². The zero-order chi connectivity index (χ0) is 16.5. The van der Waals surface area contributed by atoms with E-state index in [4.69, 9.17) is 4.42 Å². The molecule has 2 aliphatic rings. The number of furan rings is 1. The van der Waals surface area contributed by atoms with Crippen molar-refractivity contribution in [2.45, 2.75) is 51.5 Å². The molecule has 2 fully saturated rings. The van der Waals surface area contributed by atoms with Crippen LogP contribution in [0.2, 0.25) is 0 Å². The summed E-state index contributed by atoms with van der Waals surface area (Å²) in [6.45, 7) is 4.83. The number of piperidine rings is 1. The average molecular weight is 327 g/mol. The Morgan fingerprint density at radius 3 is 2.71 bits per heavy atom. The summed E-state index contributed by atoms with van der Waals surface area (Å²) in [5.74, 6) is 3.04. The van der Waals surface area contributed by atoms with Crippen molar-refractivity contribution >= 4 is 5.91 Å². The van der Waals surface area contributed by atoms with Gasteiger partial charge in [0.1, 0.15) is 5.82 Å². The molecule has 4 rings (SSSR count). The summed E-state index contributed by atoms with van der Waals surface area (Å²) in [6.07, 6.45) is 9.58. The number of carbonyl (C=O) groups excluding carboxylic acids is 1. The summed E-state index contributed by atoms with van der Waals surface area (Å²) >= 11 is 0. The number of hydrogen-bond acceptors (Lipinski definition) is 3. The summed E-state index contributed by atoms with van der Waals surface area (Å²) in [5, 5.41) is 0. The standard InChI is InChI=1S/C19H25N3O2/c1-14-12-20-18(16-4-2-5-16)22(14)13-15-7-9-21(10-8-15)19(23)17-6-3-11-24-17/h3,6,11-12,15-16H,2,4-5,7-10,13H2,1H3. The first kappa shape index (κ1) is 15.5. The molecule has 1 saturated heterocycles. The van der Waals surface area contributed by atoms with Crippen LogP contribution in [0.5, 0.6) is 0 Å². The molecule has 1 aliphatic heterocycles. The highest BCUT2D eigenvalue weighted by Gasteiger charge is 2.28. The summed E-state index contributed by atoms with van der Waals surface area (Å²) < 4.78 is 7.66. The molecule has 2 aromatic heterocycles. The molecule has 1 aliphatic carbocycles. The SMILES string of the molecule is Cc1cnc(C2CCC2)n1CC1CCN(C(=O)c2ccco2)CC1. The molecular formula is C19H25N3O2. The van der Waals surface area contributed by atoms with Crippen LogP contribution < -0.4 is 0 Å². The quantitative estimate of drug-likeness (QED) is 0.862. The van der Waals surface area contributed by atoms with Gasteiger partial charge in [-0.05, 0) is 50.7 Å². The molecule has 0 atom stereocenters. The number of hydrogen-bond donors (Lipinski definition) is 0. The van der Waals surface area contributed by atoms with Crippen molar-refractivity contribution in [2.75, 3.05) is 13.1 Å². The normalized spacial score (nSPS) is 19.5. The zero-order valence-electron chi connectivity index (χ0n) is 14.3. The van der Waals surface area contributed by atoms with Gasteiger partial charge in [0.15, 0.2) is 5.76 Å². The molecule has 5 nitrogen and oxygen atoms in total. The van der Waals surface area contributed by atoms with Gasteiger partial charge in [0, 0.05) is 37.4 Å². The van der Waals surface area contributed by atoms with Crippen LogP contribution in [0.15, 0.2) is 29.0 Å². The van der Waals surface area contributed by atoms with Crippen LogP contribution in [0.4, 0.5) is 0 Å². The molecule has 0 N–H and O–H groups in total. The zero-order valence-corrected chi connectivity index (χ0v) is 14.3. The van der Waals surface area contributed by atoms with E-state index in [1.807, 2.05) is 11.1 Å². The van der Waals surface area contributed by atoms with E-state index >= 15 is 0 Å². The van der Waals surface area contributed by atoms with E-state index in [0.717, 1.165) is 32.5 Å². The minimum atomic E-state index is 0.0208. The molecule has 3 heterocycles. The maximum Gasteiger partial charge on any atom is 0.289 e. The highest BCUT2D eigenvalue weighted by atomic mass is 16.3. The van der Waals surface area contributed by atoms with Crippen molar-refractivity contribution in [2.24, 2.45) is 5.92 Å². The number of rotatable bonds is 4. The van der Waals surface area contributed by atoms with E-state index in [9.17, 15) is 4.79 Å². The minimum Gasteiger partial charge on any atom is -0.459 e. The van der Waals surface area contributed by atoms with Crippen LogP contribution in [-0.4, -0.2) is 33.4 Å². The van der Waals surface area contributed by atoms with Crippen molar-refractivity contribution in [1.82, 2.24) is 14.5 Å². The fourth-order valence-electron chi connectivity index (χ4n) is 3.84. The topological polar surface area (TPSA) is 51.3 Å². The smallest absolute Gasteiger partial charge is 0.289 e. The van der Waals surface area contributed by atoms with Gasteiger partial charge in [-0.3, -0.25) is 4.79 Å². The van der Waals surface area contributed by atoms with Crippen LogP contribution in [0.25, 0.3) is 0 Å². The third kappa shape index (κ3) is 2.87. The van der Waals surface area contributed by atoms with Gasteiger partial charge in [0.05, 0.1) is 6.26 Å². The van der Waals surface area contributed by atoms with Crippen molar-refractivity contribution in [1.29, 1.82) is 0 Å². The third-order valence-electron chi connectivity index (χ3n) is 5.63. The molecule has 1 saturated carbocycles. The van der Waals surface area contributed by atoms with E-state index < -0.39 is 0 Å². The average Bonchev–Trinajstić information content (AvgIpc) is 3.19. The Balaban J connectivity index is 1.37. The molecule has 0 bridgehead atoms. The van der Waals surface area contributed by atoms with E-state index in [1.54, 1.807) is 18.4 Å². The van der Waals surface area contributed by atoms with Crippen LogP contribution in [0.3, 0.4) is 0 Å². The Morgan fingerprint density at radius 1 is 1.29 bits per heavy atom. The Bertz CT molecular complexity index is 692. The summed E-state index contributed by atoms with van der Waals surface area (Å²) in [6, 6.07) is 3.51. The Kier molecular flexibility index (Phi) is 4.17. The molecular weight excluding hydrogens is 302 g/mol. The van der Waals surface area contributed by atoms with Gasteiger partial charge in [0.2, 0.25) is 0 Å². The van der Waals surface area contributed by atoms with E-state index in [0.29, 0.717) is 17.6 Å². The lowest BCUT2D eigenvalue weighted by molar-refractivity contribution is 0.0650. The fraction of sp³-hybridized carbons (Fsp3) is 0.579. The largest absolute Gasteiger partial charge is 0.459 e. The number of aromatic nitrogens is 2. The Morgan fingerprint density at radius 2 is 2.08 bits per heavy atom. The molecule has 1 amide bonds. The van der Waals surface area contributed by atoms with E-state index in [1.165, 1.54) is 30.8 Å². The van der Waals surface area contributed by atoms with Crippen LogP contribution in [0, 0.1) is 12.8 Å². The summed E-state index contributed by atoms with van der Waals surface area (Å²) in [4.78, 5) is 18.9. The van der Waals surface area contributed by atoms with Crippen LogP contribution in [0.1, 0.15) is 60.1 Å². The second kappa shape index (κ2) is 6.46. The second-order valence-corrected chi connectivity index (χ2v) is 7.21. The summed E-state index contributed by atoms with van der Waals surface area (Å²) in [7, 11) is 0. The molecule has 0 aromatic carbocycles. The second-order valence-electron chi connectivity index (χ2n) is 7.21. The summed E-state index contributed by atoms with van der Waals surface area (Å²) in [5.41, 5.74) is 1.27. The highest BCUT2D eigenvalue weighted by Crippen LogP contribution is 2.36. The Labute approximate surface area is 142 Å². The van der Waals surface area contributed by atoms with Crippen LogP contribution in [-0.2, 0) is 6.54 Å². The molecule has 0 spiro atoms. The van der Waals surface area contributed by atoms with Crippen LogP contribution >= 0.6 is 0 Å². The number of nitrogens with zero attached hydrogens (tertiary/aromatic N) is 3. The third-order valence-corrected chi connectivity index (χ3v) is 5.63. The number of carbonyl (C=O) groups is 1. The number of amides is 1. The lowest BCUT2D eigenvalue weighted by atomic mass is 9.84. The maximum atomic E-state index is 12.3. The van der Waals surface area contributed by atoms with Gasteiger partial charge in [-0.1, -0.05) is 6.42 Å². The molecule has 0 unspecified atom stereocenters. The predicted molar refractivity (Wildman–Crippen MR) is 90.9 cm³/mol. The highest BCUT2D eigenvalue weighted by molar-refractivity contribution is 5.91. The maximum absolute atomic E-state index is 12.3. The predicted octanol–water partition coefficient (Wildman–Crippen LogP) is 3.60. The minimum absolute atomic E-state index is 0.0208. The van der Waals surface area contributed by atoms with Gasteiger partial charge in [0.25, 0.3) is 5.91 Å². The van der Waals surface area contributed by atoms with Gasteiger partial charge in [-0.2, -0.15) is 0 Å². The molecule has 24 heavy (non-hydrogen) atoms. The first-order valence-electron chi connectivity index (χ1n) is 9.07. The monoisotopic (exact) mass is 327 g/mol. The first-order valence-corrected chi connectivity index (χ1v) is 9.07. The fourth-order valence-corrected chi connectivity index (χ4v) is 3.84. The molecule has 128 valence electrons. The van der Waals surface area contributed by atoms with Gasteiger partial charge < -0.3 is 13.9 Å². The number of aryl methyl sites for hydroxylation is 1. The molecule has 2 aromatic rings. The lowest BCUT2D eigenvalue weighted by Gasteiger charge is -2.33. The molecule has 5 heteroatoms. The van der Waals surface area contributed by atoms with Gasteiger partial charge >= 0.3 is 0 Å². The van der Waals surface area contributed by atoms with Gasteiger partial charge in [-0.25, -0.2) is 4.98 Å². The lowest BCUT2D eigenvalue weighted by Crippen LogP contribution is -2.39. The van der Waals surface area contributed by atoms with Crippen molar-refractivity contribution in [3.63, 3.8) is 0 Å². The first-order chi connectivity index (χ1) is 11.7. The Hall–Kier alpha value is -2.04. The number of likely N-dealkylation sites (tertiary alicyclic amines) is 1. The van der Waals surface area contributed by atoms with Crippen molar-refractivity contribution in [3.05, 3.63) is 41.9 Å². The number of imidazole rings is 1. The van der Waals surface area contributed by atoms with E-state index in [2.05, 4.69) is 16.5 Å². The van der Waals surface area contributed by atoms with Gasteiger partial charge in [-0.15, -0.1) is 0 Å².